The van der Waals surface area contributed by atoms with E-state index in [4.69, 9.17) is 4.74 Å². The molecule has 2 amide bonds. The lowest BCUT2D eigenvalue weighted by atomic mass is 9.71. The Morgan fingerprint density at radius 3 is 2.78 bits per heavy atom. The molecule has 124 valence electrons. The molecule has 1 aromatic heterocycles. The molecular formula is C17H23N3O3. The first kappa shape index (κ1) is 15.9. The Morgan fingerprint density at radius 2 is 2.17 bits per heavy atom. The van der Waals surface area contributed by atoms with Gasteiger partial charge in [-0.1, -0.05) is 0 Å². The molecule has 1 N–H and O–H groups in total. The SMILES string of the molecule is COCC1C(=O)NCC12CCN(C(=O)c1ccc(C)nc1)CC2. The summed E-state index contributed by atoms with van der Waals surface area (Å²) in [5.41, 5.74) is 1.45. The minimum absolute atomic E-state index is 0.0212. The fourth-order valence-corrected chi connectivity index (χ4v) is 3.66. The molecule has 0 saturated carbocycles. The molecule has 6 heteroatoms. The van der Waals surface area contributed by atoms with E-state index in [0.29, 0.717) is 31.8 Å². The van der Waals surface area contributed by atoms with E-state index < -0.39 is 0 Å². The van der Waals surface area contributed by atoms with Gasteiger partial charge in [-0.3, -0.25) is 14.6 Å². The average molecular weight is 317 g/mol. The van der Waals surface area contributed by atoms with Crippen molar-refractivity contribution < 1.29 is 14.3 Å². The second-order valence-corrected chi connectivity index (χ2v) is 6.57. The van der Waals surface area contributed by atoms with E-state index in [-0.39, 0.29) is 23.1 Å². The van der Waals surface area contributed by atoms with Gasteiger partial charge in [0.2, 0.25) is 5.91 Å². The highest BCUT2D eigenvalue weighted by Crippen LogP contribution is 2.42. The van der Waals surface area contributed by atoms with Crippen LogP contribution in [0.25, 0.3) is 0 Å². The predicted molar refractivity (Wildman–Crippen MR) is 84.9 cm³/mol. The third-order valence-corrected chi connectivity index (χ3v) is 5.21. The lowest BCUT2D eigenvalue weighted by Gasteiger charge is -2.41. The number of aromatic nitrogens is 1. The number of ether oxygens (including phenoxy) is 1. The molecule has 6 nitrogen and oxygen atoms in total. The van der Waals surface area contributed by atoms with Gasteiger partial charge in [-0.25, -0.2) is 0 Å². The maximum Gasteiger partial charge on any atom is 0.255 e. The normalized spacial score (nSPS) is 23.1. The summed E-state index contributed by atoms with van der Waals surface area (Å²) >= 11 is 0. The van der Waals surface area contributed by atoms with E-state index in [1.54, 1.807) is 13.3 Å². The molecule has 3 heterocycles. The van der Waals surface area contributed by atoms with Crippen LogP contribution in [0.15, 0.2) is 18.3 Å². The monoisotopic (exact) mass is 317 g/mol. The molecule has 23 heavy (non-hydrogen) atoms. The van der Waals surface area contributed by atoms with Gasteiger partial charge in [0.15, 0.2) is 0 Å². The Hall–Kier alpha value is -1.95. The largest absolute Gasteiger partial charge is 0.384 e. The molecule has 1 aromatic rings. The van der Waals surface area contributed by atoms with Crippen LogP contribution < -0.4 is 5.32 Å². The Morgan fingerprint density at radius 1 is 1.43 bits per heavy atom. The van der Waals surface area contributed by atoms with Gasteiger partial charge in [-0.15, -0.1) is 0 Å². The van der Waals surface area contributed by atoms with Crippen LogP contribution in [0.1, 0.15) is 28.9 Å². The highest BCUT2D eigenvalue weighted by atomic mass is 16.5. The summed E-state index contributed by atoms with van der Waals surface area (Å²) in [6.07, 6.45) is 3.28. The number of carbonyl (C=O) groups excluding carboxylic acids is 2. The summed E-state index contributed by atoms with van der Waals surface area (Å²) in [5.74, 6) is -0.00641. The fourth-order valence-electron chi connectivity index (χ4n) is 3.66. The standard InChI is InChI=1S/C17H23N3O3/c1-12-3-4-13(9-18-12)16(22)20-7-5-17(6-8-20)11-19-15(21)14(17)10-23-2/h3-4,9,14H,5-8,10-11H2,1-2H3,(H,19,21). The Kier molecular flexibility index (Phi) is 4.35. The summed E-state index contributed by atoms with van der Waals surface area (Å²) in [6.45, 7) is 4.37. The first-order valence-electron chi connectivity index (χ1n) is 8.04. The minimum atomic E-state index is -0.106. The molecule has 2 aliphatic heterocycles. The molecular weight excluding hydrogens is 294 g/mol. The molecule has 0 radical (unpaired) electrons. The van der Waals surface area contributed by atoms with E-state index in [0.717, 1.165) is 18.5 Å². The van der Waals surface area contributed by atoms with Crippen LogP contribution >= 0.6 is 0 Å². The first-order valence-corrected chi connectivity index (χ1v) is 8.04. The number of carbonyl (C=O) groups is 2. The summed E-state index contributed by atoms with van der Waals surface area (Å²) < 4.78 is 5.23. The highest BCUT2D eigenvalue weighted by Gasteiger charge is 2.49. The summed E-state index contributed by atoms with van der Waals surface area (Å²) in [5, 5.41) is 2.96. The molecule has 1 spiro atoms. The van der Waals surface area contributed by atoms with Crippen molar-refractivity contribution in [3.05, 3.63) is 29.6 Å². The van der Waals surface area contributed by atoms with Gasteiger partial charge in [-0.05, 0) is 31.9 Å². The van der Waals surface area contributed by atoms with E-state index >= 15 is 0 Å². The number of piperidine rings is 1. The molecule has 0 aliphatic carbocycles. The van der Waals surface area contributed by atoms with Crippen LogP contribution in [0.2, 0.25) is 0 Å². The van der Waals surface area contributed by atoms with Gasteiger partial charge < -0.3 is 15.0 Å². The predicted octanol–water partition coefficient (Wildman–Crippen LogP) is 1.00. The fraction of sp³-hybridized carbons (Fsp3) is 0.588. The van der Waals surface area contributed by atoms with E-state index in [2.05, 4.69) is 10.3 Å². The van der Waals surface area contributed by atoms with Crippen molar-refractivity contribution in [1.29, 1.82) is 0 Å². The number of nitrogens with zero attached hydrogens (tertiary/aromatic N) is 2. The van der Waals surface area contributed by atoms with E-state index in [1.807, 2.05) is 24.0 Å². The van der Waals surface area contributed by atoms with Gasteiger partial charge in [0.1, 0.15) is 0 Å². The summed E-state index contributed by atoms with van der Waals surface area (Å²) in [6, 6.07) is 3.68. The molecule has 2 fully saturated rings. The number of pyridine rings is 1. The van der Waals surface area contributed by atoms with Gasteiger partial charge >= 0.3 is 0 Å². The zero-order valence-corrected chi connectivity index (χ0v) is 13.7. The molecule has 1 atom stereocenters. The van der Waals surface area contributed by atoms with Crippen molar-refractivity contribution in [2.24, 2.45) is 11.3 Å². The maximum atomic E-state index is 12.6. The van der Waals surface area contributed by atoms with Crippen molar-refractivity contribution in [1.82, 2.24) is 15.2 Å². The molecule has 1 unspecified atom stereocenters. The van der Waals surface area contributed by atoms with E-state index in [1.165, 1.54) is 0 Å². The van der Waals surface area contributed by atoms with Crippen LogP contribution in [-0.2, 0) is 9.53 Å². The quantitative estimate of drug-likeness (QED) is 0.903. The highest BCUT2D eigenvalue weighted by molar-refractivity contribution is 5.94. The molecule has 0 bridgehead atoms. The maximum absolute atomic E-state index is 12.6. The van der Waals surface area contributed by atoms with E-state index in [9.17, 15) is 9.59 Å². The van der Waals surface area contributed by atoms with Crippen LogP contribution in [0.5, 0.6) is 0 Å². The number of aryl methyl sites for hydroxylation is 1. The lowest BCUT2D eigenvalue weighted by Crippen LogP contribution is -2.47. The number of nitrogens with one attached hydrogen (secondary N) is 1. The summed E-state index contributed by atoms with van der Waals surface area (Å²) in [4.78, 5) is 30.7. The van der Waals surface area contributed by atoms with Gasteiger partial charge in [0.05, 0.1) is 18.1 Å². The molecule has 2 aliphatic rings. The Balaban J connectivity index is 1.67. The Labute approximate surface area is 136 Å². The van der Waals surface area contributed by atoms with Crippen molar-refractivity contribution in [2.45, 2.75) is 19.8 Å². The number of hydrogen-bond donors (Lipinski definition) is 1. The topological polar surface area (TPSA) is 71.5 Å². The van der Waals surface area contributed by atoms with Crippen LogP contribution in [0.3, 0.4) is 0 Å². The van der Waals surface area contributed by atoms with Crippen LogP contribution in [-0.4, -0.2) is 55.0 Å². The van der Waals surface area contributed by atoms with Crippen LogP contribution in [0.4, 0.5) is 0 Å². The van der Waals surface area contributed by atoms with Crippen molar-refractivity contribution in [3.8, 4) is 0 Å². The Bertz CT molecular complexity index is 592. The zero-order valence-electron chi connectivity index (χ0n) is 13.7. The average Bonchev–Trinajstić information content (AvgIpc) is 2.86. The number of hydrogen-bond acceptors (Lipinski definition) is 4. The number of amides is 2. The first-order chi connectivity index (χ1) is 11.1. The van der Waals surface area contributed by atoms with Crippen molar-refractivity contribution in [2.75, 3.05) is 33.4 Å². The van der Waals surface area contributed by atoms with Gasteiger partial charge in [-0.2, -0.15) is 0 Å². The lowest BCUT2D eigenvalue weighted by molar-refractivity contribution is -0.126. The van der Waals surface area contributed by atoms with Gasteiger partial charge in [0, 0.05) is 44.0 Å². The molecule has 0 aromatic carbocycles. The zero-order chi connectivity index (χ0) is 16.4. The number of likely N-dealkylation sites (tertiary alicyclic amines) is 1. The van der Waals surface area contributed by atoms with Crippen molar-refractivity contribution in [3.63, 3.8) is 0 Å². The van der Waals surface area contributed by atoms with Crippen LogP contribution in [0, 0.1) is 18.3 Å². The minimum Gasteiger partial charge on any atom is -0.384 e. The third-order valence-electron chi connectivity index (χ3n) is 5.21. The summed E-state index contributed by atoms with van der Waals surface area (Å²) in [7, 11) is 1.63. The third kappa shape index (κ3) is 2.95. The smallest absolute Gasteiger partial charge is 0.255 e. The van der Waals surface area contributed by atoms with Gasteiger partial charge in [0.25, 0.3) is 5.91 Å². The molecule has 2 saturated heterocycles. The molecule has 3 rings (SSSR count). The number of rotatable bonds is 3. The second-order valence-electron chi connectivity index (χ2n) is 6.57. The van der Waals surface area contributed by atoms with Crippen molar-refractivity contribution >= 4 is 11.8 Å². The second kappa shape index (κ2) is 6.28. The number of methoxy groups -OCH3 is 1.